The smallest absolute Gasteiger partial charge is 0.549 e. The third kappa shape index (κ3) is 20.3. The fourth-order valence-corrected chi connectivity index (χ4v) is 1.44. The van der Waals surface area contributed by atoms with Crippen LogP contribution in [0.3, 0.4) is 0 Å². The SMILES string of the molecule is O=C([O-])CN(CCN(CC(=O)[O-])CC(=O)[O-])CC(=O)[O-].[Mn+2].[Na+].[Na+]. The quantitative estimate of drug-likeness (QED) is 0.310. The molecule has 0 aromatic heterocycles. The summed E-state index contributed by atoms with van der Waals surface area (Å²) in [5, 5.41) is 41.6. The summed E-state index contributed by atoms with van der Waals surface area (Å²) in [5.74, 6) is -6.12. The van der Waals surface area contributed by atoms with E-state index in [4.69, 9.17) is 0 Å². The number of carboxylic acids is 4. The van der Waals surface area contributed by atoms with Gasteiger partial charge in [0.05, 0.1) is 23.9 Å². The Balaban J connectivity index is -0.000000602. The molecule has 0 aromatic carbocycles. The van der Waals surface area contributed by atoms with Crippen LogP contribution in [0.1, 0.15) is 0 Å². The zero-order valence-electron chi connectivity index (χ0n) is 12.8. The molecule has 1 radical (unpaired) electrons. The van der Waals surface area contributed by atoms with Crippen molar-refractivity contribution in [3.05, 3.63) is 0 Å². The molecule has 0 atom stereocenters. The van der Waals surface area contributed by atoms with E-state index < -0.39 is 50.1 Å². The van der Waals surface area contributed by atoms with Crippen LogP contribution in [-0.2, 0) is 36.2 Å². The minimum absolute atomic E-state index is 0. The summed E-state index contributed by atoms with van der Waals surface area (Å²) < 4.78 is 0. The van der Waals surface area contributed by atoms with Gasteiger partial charge in [-0.2, -0.15) is 0 Å². The van der Waals surface area contributed by atoms with E-state index in [0.29, 0.717) is 0 Å². The van der Waals surface area contributed by atoms with E-state index in [1.165, 1.54) is 0 Å². The van der Waals surface area contributed by atoms with Crippen molar-refractivity contribution in [3.8, 4) is 0 Å². The van der Waals surface area contributed by atoms with Crippen LogP contribution in [0.15, 0.2) is 0 Å². The molecule has 0 amide bonds. The molecule has 0 spiro atoms. The molecule has 119 valence electrons. The minimum Gasteiger partial charge on any atom is -0.549 e. The third-order valence-electron chi connectivity index (χ3n) is 2.14. The maximum absolute atomic E-state index is 10.4. The zero-order valence-corrected chi connectivity index (χ0v) is 18.0. The van der Waals surface area contributed by atoms with E-state index in [1.54, 1.807) is 0 Å². The second kappa shape index (κ2) is 17.2. The van der Waals surface area contributed by atoms with E-state index in [1.807, 2.05) is 0 Å². The van der Waals surface area contributed by atoms with Gasteiger partial charge in [0.2, 0.25) is 0 Å². The maximum Gasteiger partial charge on any atom is 2.00 e. The predicted octanol–water partition coefficient (Wildman–Crippen LogP) is -13.4. The Hall–Kier alpha value is 0.319. The Bertz CT molecular complexity index is 331. The van der Waals surface area contributed by atoms with Crippen molar-refractivity contribution in [3.63, 3.8) is 0 Å². The molecule has 0 aliphatic rings. The second-order valence-corrected chi connectivity index (χ2v) is 3.91. The van der Waals surface area contributed by atoms with Gasteiger partial charge in [-0.25, -0.2) is 0 Å². The van der Waals surface area contributed by atoms with Gasteiger partial charge in [0, 0.05) is 39.3 Å². The average Bonchev–Trinajstić information content (AvgIpc) is 2.22. The van der Waals surface area contributed by atoms with Crippen LogP contribution in [0.25, 0.3) is 0 Å². The molecule has 0 bridgehead atoms. The Morgan fingerprint density at radius 1 is 0.565 bits per heavy atom. The first kappa shape index (κ1) is 31.1. The Morgan fingerprint density at radius 2 is 0.739 bits per heavy atom. The molecule has 0 heterocycles. The first-order chi connectivity index (χ1) is 9.20. The summed E-state index contributed by atoms with van der Waals surface area (Å²) in [6.45, 7) is -3.25. The normalized spacial score (nSPS) is 9.30. The molecule has 0 fully saturated rings. The summed E-state index contributed by atoms with van der Waals surface area (Å²) in [4.78, 5) is 43.4. The molecule has 0 aliphatic heterocycles. The topological polar surface area (TPSA) is 167 Å². The fourth-order valence-electron chi connectivity index (χ4n) is 1.44. The van der Waals surface area contributed by atoms with Gasteiger partial charge in [-0.15, -0.1) is 0 Å². The molecule has 0 aromatic rings. The Morgan fingerprint density at radius 3 is 0.870 bits per heavy atom. The van der Waals surface area contributed by atoms with Crippen molar-refractivity contribution in [1.29, 1.82) is 0 Å². The van der Waals surface area contributed by atoms with Crippen molar-refractivity contribution >= 4 is 23.9 Å². The summed E-state index contributed by atoms with van der Waals surface area (Å²) in [6, 6.07) is 0. The molecule has 0 saturated carbocycles. The van der Waals surface area contributed by atoms with Gasteiger partial charge < -0.3 is 39.6 Å². The number of carboxylic acid groups (broad SMARTS) is 4. The molecule has 0 rings (SSSR count). The predicted molar refractivity (Wildman–Crippen MR) is 52.9 cm³/mol. The molecule has 0 N–H and O–H groups in total. The minimum atomic E-state index is -1.53. The Kier molecular flexibility index (Phi) is 23.2. The summed E-state index contributed by atoms with van der Waals surface area (Å²) in [6.07, 6.45) is 0. The standard InChI is InChI=1S/C10H16N2O8.Mn.2Na/c13-7(14)3-11(4-8(15)16)1-2-12(5-9(17)18)6-10(19)20;;;/h1-6H2,(H,13,14)(H,15,16)(H,17,18)(H,19,20);;;/q;+2;2*+1/p-4. The Labute approximate surface area is 187 Å². The van der Waals surface area contributed by atoms with Crippen LogP contribution in [0.5, 0.6) is 0 Å². The molecular formula is C10H12MnN2Na2O8. The molecular weight excluding hydrogens is 377 g/mol. The number of hydrogen-bond acceptors (Lipinski definition) is 10. The van der Waals surface area contributed by atoms with Crippen molar-refractivity contribution in [2.24, 2.45) is 0 Å². The zero-order chi connectivity index (χ0) is 15.7. The van der Waals surface area contributed by atoms with Gasteiger partial charge in [0.15, 0.2) is 0 Å². The molecule has 23 heavy (non-hydrogen) atoms. The number of rotatable bonds is 11. The van der Waals surface area contributed by atoms with Crippen LogP contribution in [0, 0.1) is 0 Å². The molecule has 0 aliphatic carbocycles. The number of aliphatic carboxylic acids is 4. The molecule has 10 nitrogen and oxygen atoms in total. The van der Waals surface area contributed by atoms with Gasteiger partial charge in [-0.1, -0.05) is 0 Å². The number of hydrogen-bond donors (Lipinski definition) is 0. The van der Waals surface area contributed by atoms with Crippen molar-refractivity contribution < 1.29 is 116 Å². The van der Waals surface area contributed by atoms with E-state index in [0.717, 1.165) is 9.80 Å². The van der Waals surface area contributed by atoms with Crippen LogP contribution in [-0.4, -0.2) is 72.9 Å². The summed E-state index contributed by atoms with van der Waals surface area (Å²) in [5.41, 5.74) is 0. The van der Waals surface area contributed by atoms with Crippen LogP contribution in [0.2, 0.25) is 0 Å². The first-order valence-corrected chi connectivity index (χ1v) is 5.44. The second-order valence-electron chi connectivity index (χ2n) is 3.91. The van der Waals surface area contributed by atoms with Crippen LogP contribution < -0.4 is 79.5 Å². The van der Waals surface area contributed by atoms with Gasteiger partial charge in [0.1, 0.15) is 0 Å². The van der Waals surface area contributed by atoms with E-state index in [9.17, 15) is 39.6 Å². The first-order valence-electron chi connectivity index (χ1n) is 5.44. The van der Waals surface area contributed by atoms with Crippen molar-refractivity contribution in [2.75, 3.05) is 39.3 Å². The van der Waals surface area contributed by atoms with E-state index in [-0.39, 0.29) is 89.3 Å². The maximum atomic E-state index is 10.4. The molecule has 13 heteroatoms. The summed E-state index contributed by atoms with van der Waals surface area (Å²) >= 11 is 0. The fraction of sp³-hybridized carbons (Fsp3) is 0.600. The van der Waals surface area contributed by atoms with E-state index in [2.05, 4.69) is 0 Å². The number of nitrogens with zero attached hydrogens (tertiary/aromatic N) is 2. The monoisotopic (exact) mass is 389 g/mol. The van der Waals surface area contributed by atoms with E-state index >= 15 is 0 Å². The van der Waals surface area contributed by atoms with Crippen molar-refractivity contribution in [2.45, 2.75) is 0 Å². The molecule has 0 unspecified atom stereocenters. The van der Waals surface area contributed by atoms with Gasteiger partial charge in [-0.3, -0.25) is 9.80 Å². The van der Waals surface area contributed by atoms with Gasteiger partial charge in [-0.05, 0) is 0 Å². The third-order valence-corrected chi connectivity index (χ3v) is 2.14. The van der Waals surface area contributed by atoms with Crippen LogP contribution in [0.4, 0.5) is 0 Å². The summed E-state index contributed by atoms with van der Waals surface area (Å²) in [7, 11) is 0. The average molecular weight is 389 g/mol. The van der Waals surface area contributed by atoms with Gasteiger partial charge >= 0.3 is 76.2 Å². The number of carbonyl (C=O) groups is 4. The van der Waals surface area contributed by atoms with Crippen LogP contribution >= 0.6 is 0 Å². The number of carbonyl (C=O) groups excluding carboxylic acids is 4. The van der Waals surface area contributed by atoms with Gasteiger partial charge in [0.25, 0.3) is 0 Å². The van der Waals surface area contributed by atoms with Crippen molar-refractivity contribution in [1.82, 2.24) is 9.80 Å². The largest absolute Gasteiger partial charge is 2.00 e. The molecule has 0 saturated heterocycles.